The van der Waals surface area contributed by atoms with Crippen LogP contribution in [-0.2, 0) is 43.0 Å². The lowest BCUT2D eigenvalue weighted by molar-refractivity contribution is -0.142. The summed E-state index contributed by atoms with van der Waals surface area (Å²) >= 11 is 0. The van der Waals surface area contributed by atoms with Crippen molar-refractivity contribution in [2.45, 2.75) is 91.9 Å². The second-order valence-electron chi connectivity index (χ2n) is 10.3. The summed E-state index contributed by atoms with van der Waals surface area (Å²) in [6.07, 6.45) is 4.66. The van der Waals surface area contributed by atoms with E-state index in [1.54, 1.807) is 0 Å². The van der Waals surface area contributed by atoms with Gasteiger partial charge in [-0.25, -0.2) is 14.4 Å². The van der Waals surface area contributed by atoms with E-state index in [0.717, 1.165) is 38.5 Å². The molecule has 0 aliphatic rings. The zero-order valence-corrected chi connectivity index (χ0v) is 28.8. The van der Waals surface area contributed by atoms with Gasteiger partial charge in [-0.1, -0.05) is 66.7 Å². The van der Waals surface area contributed by atoms with Crippen molar-refractivity contribution >= 4 is 35.8 Å². The van der Waals surface area contributed by atoms with Gasteiger partial charge in [0.2, 0.25) is 0 Å². The molecule has 0 fully saturated rings. The summed E-state index contributed by atoms with van der Waals surface area (Å²) in [6.45, 7) is 18.2. The van der Waals surface area contributed by atoms with Crippen LogP contribution in [0.2, 0.25) is 0 Å². The lowest BCUT2D eigenvalue weighted by Crippen LogP contribution is -2.32. The highest BCUT2D eigenvalue weighted by Crippen LogP contribution is 2.18. The first-order valence-electron chi connectivity index (χ1n) is 15.5. The number of aliphatic hydroxyl groups excluding tert-OH is 3. The Morgan fingerprint density at radius 2 is 0.729 bits per heavy atom. The Hall–Kier alpha value is -4.08. The number of carboxylic acid groups (broad SMARTS) is 3. The van der Waals surface area contributed by atoms with Crippen LogP contribution in [0.1, 0.15) is 91.9 Å². The van der Waals surface area contributed by atoms with Crippen LogP contribution in [0.5, 0.6) is 0 Å². The summed E-state index contributed by atoms with van der Waals surface area (Å²) in [5.41, 5.74) is -0.698. The van der Waals surface area contributed by atoms with E-state index < -0.39 is 41.2 Å². The molecule has 0 radical (unpaired) electrons. The number of rotatable bonds is 22. The summed E-state index contributed by atoms with van der Waals surface area (Å²) in [7, 11) is 0. The summed E-state index contributed by atoms with van der Waals surface area (Å²) < 4.78 is 14.2. The van der Waals surface area contributed by atoms with Gasteiger partial charge in [-0.3, -0.25) is 14.4 Å². The molecule has 278 valence electrons. The van der Waals surface area contributed by atoms with Crippen molar-refractivity contribution in [3.05, 3.63) is 36.5 Å². The van der Waals surface area contributed by atoms with Crippen LogP contribution in [0.3, 0.4) is 0 Å². The number of carbonyl (C=O) groups is 6. The van der Waals surface area contributed by atoms with E-state index in [9.17, 15) is 28.8 Å². The van der Waals surface area contributed by atoms with Crippen LogP contribution < -0.4 is 0 Å². The lowest BCUT2D eigenvalue weighted by atomic mass is 9.88. The van der Waals surface area contributed by atoms with Gasteiger partial charge >= 0.3 is 35.8 Å². The maximum atomic E-state index is 11.0. The van der Waals surface area contributed by atoms with Gasteiger partial charge in [0.15, 0.2) is 0 Å². The Balaban J connectivity index is -0.000000271. The summed E-state index contributed by atoms with van der Waals surface area (Å²) in [5.74, 6) is -5.06. The molecule has 0 unspecified atom stereocenters. The zero-order valence-electron chi connectivity index (χ0n) is 28.8. The first-order chi connectivity index (χ1) is 22.5. The van der Waals surface area contributed by atoms with E-state index in [2.05, 4.69) is 19.7 Å². The largest absolute Gasteiger partial charge is 0.481 e. The maximum Gasteiger partial charge on any atom is 0.333 e. The standard InChI is InChI=1S/3C9H14O4.C6H14O3/c3*1-3-4-5-13-9(12)7(2)6-8(10)11;1-2-6(3-7,4-8)5-9/h3*2-6H2,1H3,(H,10,11);7-9H,2-5H2,1H3. The van der Waals surface area contributed by atoms with Gasteiger partial charge in [-0.2, -0.15) is 0 Å². The molecule has 0 saturated heterocycles. The number of carboxylic acids is 3. The SMILES string of the molecule is C=C(CC(=O)O)C(=O)OCCCC.C=C(CC(=O)O)C(=O)OCCCC.C=C(CC(=O)O)C(=O)OCCCC.CCC(CO)(CO)CO. The number of esters is 3. The Kier molecular flexibility index (Phi) is 34.7. The molecule has 6 N–H and O–H groups in total. The highest BCUT2D eigenvalue weighted by Gasteiger charge is 2.25. The van der Waals surface area contributed by atoms with Crippen molar-refractivity contribution in [2.24, 2.45) is 5.41 Å². The highest BCUT2D eigenvalue weighted by molar-refractivity contribution is 5.93. The summed E-state index contributed by atoms with van der Waals surface area (Å²) in [6, 6.07) is 0. The fourth-order valence-corrected chi connectivity index (χ4v) is 2.48. The molecule has 0 aromatic rings. The van der Waals surface area contributed by atoms with Crippen LogP contribution in [0, 0.1) is 5.41 Å². The average molecular weight is 693 g/mol. The van der Waals surface area contributed by atoms with Crippen LogP contribution in [-0.4, -0.2) is 106 Å². The molecular formula is C33H56O15. The van der Waals surface area contributed by atoms with Crippen LogP contribution in [0.25, 0.3) is 0 Å². The first kappa shape index (κ1) is 50.8. The number of aliphatic carboxylic acids is 3. The monoisotopic (exact) mass is 692 g/mol. The average Bonchev–Trinajstić information content (AvgIpc) is 3.02. The van der Waals surface area contributed by atoms with Gasteiger partial charge in [0.25, 0.3) is 0 Å². The van der Waals surface area contributed by atoms with E-state index >= 15 is 0 Å². The predicted octanol–water partition coefficient (Wildman–Crippen LogP) is 3.44. The van der Waals surface area contributed by atoms with Gasteiger partial charge in [0.1, 0.15) is 0 Å². The third-order valence-corrected chi connectivity index (χ3v) is 5.91. The summed E-state index contributed by atoms with van der Waals surface area (Å²) in [5, 5.41) is 51.0. The quantitative estimate of drug-likeness (QED) is 0.0411. The van der Waals surface area contributed by atoms with Crippen molar-refractivity contribution in [1.82, 2.24) is 0 Å². The van der Waals surface area contributed by atoms with E-state index in [1.165, 1.54) is 0 Å². The third kappa shape index (κ3) is 31.9. The van der Waals surface area contributed by atoms with Gasteiger partial charge < -0.3 is 44.8 Å². The van der Waals surface area contributed by atoms with E-state index in [4.69, 9.17) is 44.8 Å². The number of hydrogen-bond donors (Lipinski definition) is 6. The molecule has 0 aromatic carbocycles. The number of aliphatic hydroxyl groups is 3. The fraction of sp³-hybridized carbons (Fsp3) is 0.636. The highest BCUT2D eigenvalue weighted by atomic mass is 16.5. The molecule has 0 aliphatic heterocycles. The number of ether oxygens (including phenoxy) is 3. The smallest absolute Gasteiger partial charge is 0.333 e. The zero-order chi connectivity index (χ0) is 38.1. The van der Waals surface area contributed by atoms with E-state index in [1.807, 2.05) is 27.7 Å². The van der Waals surface area contributed by atoms with E-state index in [-0.39, 0.29) is 55.8 Å². The molecule has 0 heterocycles. The second-order valence-corrected chi connectivity index (χ2v) is 10.3. The van der Waals surface area contributed by atoms with Gasteiger partial charge in [0.05, 0.1) is 58.9 Å². The predicted molar refractivity (Wildman–Crippen MR) is 176 cm³/mol. The molecule has 48 heavy (non-hydrogen) atoms. The molecule has 0 spiro atoms. The normalized spacial score (nSPS) is 9.81. The lowest BCUT2D eigenvalue weighted by Gasteiger charge is -2.24. The Morgan fingerprint density at radius 1 is 0.500 bits per heavy atom. The number of carbonyl (C=O) groups excluding carboxylic acids is 3. The van der Waals surface area contributed by atoms with Crippen molar-refractivity contribution in [2.75, 3.05) is 39.6 Å². The Bertz CT molecular complexity index is 870. The minimum Gasteiger partial charge on any atom is -0.481 e. The first-order valence-corrected chi connectivity index (χ1v) is 15.5. The van der Waals surface area contributed by atoms with Crippen molar-refractivity contribution in [1.29, 1.82) is 0 Å². The molecular weight excluding hydrogens is 636 g/mol. The number of hydrogen-bond acceptors (Lipinski definition) is 12. The number of unbranched alkanes of at least 4 members (excludes halogenated alkanes) is 3. The maximum absolute atomic E-state index is 11.0. The minimum atomic E-state index is -1.07. The van der Waals surface area contributed by atoms with Crippen molar-refractivity contribution in [3.8, 4) is 0 Å². The topological polar surface area (TPSA) is 251 Å². The molecule has 0 rings (SSSR count). The fourth-order valence-electron chi connectivity index (χ4n) is 2.48. The molecule has 0 bridgehead atoms. The molecule has 0 saturated carbocycles. The van der Waals surface area contributed by atoms with Gasteiger partial charge in [0, 0.05) is 22.1 Å². The minimum absolute atomic E-state index is 0.0106. The molecule has 0 aromatic heterocycles. The molecule has 0 atom stereocenters. The Morgan fingerprint density at radius 3 is 0.854 bits per heavy atom. The molecule has 0 amide bonds. The third-order valence-electron chi connectivity index (χ3n) is 5.91. The van der Waals surface area contributed by atoms with Crippen LogP contribution >= 0.6 is 0 Å². The van der Waals surface area contributed by atoms with Crippen LogP contribution in [0.4, 0.5) is 0 Å². The summed E-state index contributed by atoms with van der Waals surface area (Å²) in [4.78, 5) is 63.4. The second kappa shape index (κ2) is 32.8. The van der Waals surface area contributed by atoms with E-state index in [0.29, 0.717) is 26.2 Å². The van der Waals surface area contributed by atoms with Gasteiger partial charge in [-0.05, 0) is 25.7 Å². The molecule has 15 nitrogen and oxygen atoms in total. The Labute approximate surface area is 282 Å². The van der Waals surface area contributed by atoms with Crippen LogP contribution in [0.15, 0.2) is 36.5 Å². The van der Waals surface area contributed by atoms with Crippen molar-refractivity contribution < 1.29 is 73.6 Å². The van der Waals surface area contributed by atoms with Gasteiger partial charge in [-0.15, -0.1) is 0 Å². The van der Waals surface area contributed by atoms with Crippen molar-refractivity contribution in [3.63, 3.8) is 0 Å². The molecule has 0 aliphatic carbocycles. The molecule has 15 heteroatoms.